The molecular weight excluding hydrogens is 254 g/mol. The molecule has 0 atom stereocenters. The van der Waals surface area contributed by atoms with E-state index in [2.05, 4.69) is 0 Å². The Labute approximate surface area is 118 Å². The minimum atomic E-state index is -0.0263. The van der Waals surface area contributed by atoms with Crippen LogP contribution in [0.1, 0.15) is 24.2 Å². The van der Waals surface area contributed by atoms with Crippen molar-refractivity contribution >= 4 is 11.5 Å². The van der Waals surface area contributed by atoms with Crippen LogP contribution in [0.3, 0.4) is 0 Å². The summed E-state index contributed by atoms with van der Waals surface area (Å²) in [5.41, 5.74) is 6.89. The summed E-state index contributed by atoms with van der Waals surface area (Å²) in [5.74, 6) is 1.87. The molecule has 4 heteroatoms. The topological polar surface area (TPSA) is 61.5 Å². The molecule has 0 spiro atoms. The molecule has 0 saturated carbocycles. The minimum absolute atomic E-state index is 0.0263. The van der Waals surface area contributed by atoms with Crippen LogP contribution >= 0.6 is 0 Å². The number of ether oxygens (including phenoxy) is 2. The summed E-state index contributed by atoms with van der Waals surface area (Å²) < 4.78 is 11.1. The summed E-state index contributed by atoms with van der Waals surface area (Å²) in [7, 11) is 0. The van der Waals surface area contributed by atoms with E-state index in [1.54, 1.807) is 24.3 Å². The fourth-order valence-corrected chi connectivity index (χ4v) is 1.78. The van der Waals surface area contributed by atoms with E-state index >= 15 is 0 Å². The number of nitrogen functional groups attached to an aromatic ring is 1. The number of hydrogen-bond donors (Lipinski definition) is 1. The highest BCUT2D eigenvalue weighted by atomic mass is 16.5. The third kappa shape index (κ3) is 3.29. The van der Waals surface area contributed by atoms with Gasteiger partial charge >= 0.3 is 0 Å². The van der Waals surface area contributed by atoms with E-state index in [0.29, 0.717) is 29.4 Å². The first-order chi connectivity index (χ1) is 9.60. The fraction of sp³-hybridized carbons (Fsp3) is 0.188. The third-order valence-corrected chi connectivity index (χ3v) is 2.76. The first-order valence-corrected chi connectivity index (χ1v) is 6.41. The van der Waals surface area contributed by atoms with Crippen LogP contribution in [0.2, 0.25) is 0 Å². The molecule has 0 radical (unpaired) electrons. The fourth-order valence-electron chi connectivity index (χ4n) is 1.78. The average molecular weight is 271 g/mol. The zero-order valence-corrected chi connectivity index (χ0v) is 11.6. The van der Waals surface area contributed by atoms with Crippen molar-refractivity contribution in [3.05, 3.63) is 48.0 Å². The summed E-state index contributed by atoms with van der Waals surface area (Å²) in [6, 6.07) is 12.3. The van der Waals surface area contributed by atoms with Gasteiger partial charge in [0.25, 0.3) is 0 Å². The van der Waals surface area contributed by atoms with Gasteiger partial charge in [-0.15, -0.1) is 0 Å². The number of Topliss-reactive ketones (excluding diaryl/α,β-unsaturated/α-hetero) is 1. The molecule has 2 aromatic rings. The van der Waals surface area contributed by atoms with E-state index in [0.717, 1.165) is 5.75 Å². The number of nitrogens with two attached hydrogens (primary N) is 1. The van der Waals surface area contributed by atoms with Crippen molar-refractivity contribution in [2.45, 2.75) is 13.8 Å². The van der Waals surface area contributed by atoms with Crippen LogP contribution < -0.4 is 15.2 Å². The second kappa shape index (κ2) is 6.10. The number of benzene rings is 2. The van der Waals surface area contributed by atoms with Gasteiger partial charge in [0.2, 0.25) is 0 Å². The molecule has 0 aliphatic rings. The van der Waals surface area contributed by atoms with Crippen LogP contribution in [0.25, 0.3) is 0 Å². The number of carbonyl (C=O) groups is 1. The summed E-state index contributed by atoms with van der Waals surface area (Å²) >= 11 is 0. The number of carbonyl (C=O) groups excluding carboxylic acids is 1. The summed E-state index contributed by atoms with van der Waals surface area (Å²) in [5, 5.41) is 0. The molecule has 2 N–H and O–H groups in total. The van der Waals surface area contributed by atoms with E-state index in [1.807, 2.05) is 25.1 Å². The molecule has 0 bridgehead atoms. The van der Waals surface area contributed by atoms with Gasteiger partial charge in [-0.05, 0) is 44.2 Å². The third-order valence-electron chi connectivity index (χ3n) is 2.76. The number of hydrogen-bond acceptors (Lipinski definition) is 4. The lowest BCUT2D eigenvalue weighted by molar-refractivity contribution is 0.101. The minimum Gasteiger partial charge on any atom is -0.494 e. The zero-order chi connectivity index (χ0) is 14.5. The van der Waals surface area contributed by atoms with Crippen molar-refractivity contribution < 1.29 is 14.3 Å². The van der Waals surface area contributed by atoms with Crippen LogP contribution in [0.4, 0.5) is 5.69 Å². The number of rotatable bonds is 5. The summed E-state index contributed by atoms with van der Waals surface area (Å²) in [6.07, 6.45) is 0. The Balaban J connectivity index is 2.21. The second-order valence-corrected chi connectivity index (χ2v) is 4.32. The molecule has 2 aromatic carbocycles. The molecule has 0 fully saturated rings. The summed E-state index contributed by atoms with van der Waals surface area (Å²) in [4.78, 5) is 11.3. The van der Waals surface area contributed by atoms with Crippen molar-refractivity contribution in [3.8, 4) is 17.2 Å². The highest BCUT2D eigenvalue weighted by Gasteiger charge is 2.07. The lowest BCUT2D eigenvalue weighted by Crippen LogP contribution is -1.97. The van der Waals surface area contributed by atoms with Gasteiger partial charge in [-0.3, -0.25) is 4.79 Å². The average Bonchev–Trinajstić information content (AvgIpc) is 2.42. The van der Waals surface area contributed by atoms with E-state index in [-0.39, 0.29) is 5.78 Å². The van der Waals surface area contributed by atoms with Crippen LogP contribution in [0, 0.1) is 0 Å². The molecule has 0 amide bonds. The van der Waals surface area contributed by atoms with E-state index in [4.69, 9.17) is 15.2 Å². The maximum atomic E-state index is 11.3. The van der Waals surface area contributed by atoms with Gasteiger partial charge in [0.05, 0.1) is 12.3 Å². The van der Waals surface area contributed by atoms with Crippen LogP contribution in [0.5, 0.6) is 17.2 Å². The maximum absolute atomic E-state index is 11.3. The van der Waals surface area contributed by atoms with Gasteiger partial charge in [0.15, 0.2) is 5.78 Å². The van der Waals surface area contributed by atoms with Gasteiger partial charge in [-0.25, -0.2) is 0 Å². The standard InChI is InChI=1S/C16H17NO3/c1-3-19-13-5-4-6-14(10-13)20-16-8-7-12(11(2)18)9-15(16)17/h4-10H,3,17H2,1-2H3. The Morgan fingerprint density at radius 2 is 1.90 bits per heavy atom. The largest absolute Gasteiger partial charge is 0.494 e. The van der Waals surface area contributed by atoms with Crippen LogP contribution in [-0.4, -0.2) is 12.4 Å². The normalized spacial score (nSPS) is 10.1. The first kappa shape index (κ1) is 13.9. The molecule has 0 saturated heterocycles. The highest BCUT2D eigenvalue weighted by molar-refractivity contribution is 5.95. The molecule has 0 unspecified atom stereocenters. The van der Waals surface area contributed by atoms with E-state index in [9.17, 15) is 4.79 Å². The van der Waals surface area contributed by atoms with E-state index < -0.39 is 0 Å². The summed E-state index contributed by atoms with van der Waals surface area (Å²) in [6.45, 7) is 4.02. The number of anilines is 1. The Morgan fingerprint density at radius 3 is 2.55 bits per heavy atom. The molecule has 0 aliphatic carbocycles. The molecule has 0 heterocycles. The Hall–Kier alpha value is -2.49. The highest BCUT2D eigenvalue weighted by Crippen LogP contribution is 2.30. The molecular formula is C16H17NO3. The quantitative estimate of drug-likeness (QED) is 0.666. The Kier molecular flexibility index (Phi) is 4.25. The molecule has 2 rings (SSSR count). The van der Waals surface area contributed by atoms with Gasteiger partial charge < -0.3 is 15.2 Å². The monoisotopic (exact) mass is 271 g/mol. The molecule has 0 aromatic heterocycles. The van der Waals surface area contributed by atoms with Crippen LogP contribution in [0.15, 0.2) is 42.5 Å². The molecule has 4 nitrogen and oxygen atoms in total. The van der Waals surface area contributed by atoms with Gasteiger partial charge in [-0.2, -0.15) is 0 Å². The van der Waals surface area contributed by atoms with Crippen LogP contribution in [-0.2, 0) is 0 Å². The van der Waals surface area contributed by atoms with Crippen molar-refractivity contribution in [2.75, 3.05) is 12.3 Å². The second-order valence-electron chi connectivity index (χ2n) is 4.32. The lowest BCUT2D eigenvalue weighted by atomic mass is 10.1. The predicted octanol–water partition coefficient (Wildman–Crippen LogP) is 3.66. The van der Waals surface area contributed by atoms with Crippen molar-refractivity contribution in [1.29, 1.82) is 0 Å². The first-order valence-electron chi connectivity index (χ1n) is 6.41. The molecule has 0 aliphatic heterocycles. The zero-order valence-electron chi connectivity index (χ0n) is 11.6. The van der Waals surface area contributed by atoms with Crippen molar-refractivity contribution in [2.24, 2.45) is 0 Å². The number of ketones is 1. The Morgan fingerprint density at radius 1 is 1.15 bits per heavy atom. The molecule has 20 heavy (non-hydrogen) atoms. The SMILES string of the molecule is CCOc1cccc(Oc2ccc(C(C)=O)cc2N)c1. The van der Waals surface area contributed by atoms with E-state index in [1.165, 1.54) is 6.92 Å². The Bertz CT molecular complexity index is 623. The molecule has 104 valence electrons. The van der Waals surface area contributed by atoms with Crippen molar-refractivity contribution in [1.82, 2.24) is 0 Å². The predicted molar refractivity (Wildman–Crippen MR) is 78.5 cm³/mol. The maximum Gasteiger partial charge on any atom is 0.159 e. The van der Waals surface area contributed by atoms with Gasteiger partial charge in [-0.1, -0.05) is 6.07 Å². The van der Waals surface area contributed by atoms with Crippen molar-refractivity contribution in [3.63, 3.8) is 0 Å². The smallest absolute Gasteiger partial charge is 0.159 e. The van der Waals surface area contributed by atoms with Gasteiger partial charge in [0, 0.05) is 11.6 Å². The van der Waals surface area contributed by atoms with Gasteiger partial charge in [0.1, 0.15) is 17.2 Å². The lowest BCUT2D eigenvalue weighted by Gasteiger charge is -2.10.